The van der Waals surface area contributed by atoms with E-state index in [4.69, 9.17) is 21.4 Å². The molecule has 0 aromatic carbocycles. The SMILES string of the molecule is CC(C)COCCCNc1nccc(C(=O)O)c1Cl. The first-order valence-electron chi connectivity index (χ1n) is 6.21. The summed E-state index contributed by atoms with van der Waals surface area (Å²) in [6, 6.07) is 1.38. The largest absolute Gasteiger partial charge is 0.478 e. The molecular formula is C13H19ClN2O3. The van der Waals surface area contributed by atoms with Gasteiger partial charge in [-0.2, -0.15) is 0 Å². The highest BCUT2D eigenvalue weighted by atomic mass is 35.5. The number of carboxylic acid groups (broad SMARTS) is 1. The summed E-state index contributed by atoms with van der Waals surface area (Å²) in [6.45, 7) is 6.22. The van der Waals surface area contributed by atoms with E-state index in [1.807, 2.05) is 0 Å². The van der Waals surface area contributed by atoms with Gasteiger partial charge >= 0.3 is 5.97 Å². The molecule has 0 saturated carbocycles. The summed E-state index contributed by atoms with van der Waals surface area (Å²) in [5.41, 5.74) is 0.0511. The van der Waals surface area contributed by atoms with Crippen LogP contribution in [0.4, 0.5) is 5.82 Å². The van der Waals surface area contributed by atoms with E-state index in [-0.39, 0.29) is 10.6 Å². The number of hydrogen-bond donors (Lipinski definition) is 2. The molecule has 0 radical (unpaired) electrons. The topological polar surface area (TPSA) is 71.5 Å². The van der Waals surface area contributed by atoms with Gasteiger partial charge in [-0.3, -0.25) is 0 Å². The lowest BCUT2D eigenvalue weighted by atomic mass is 10.2. The third-order valence-corrected chi connectivity index (χ3v) is 2.71. The van der Waals surface area contributed by atoms with Crippen molar-refractivity contribution in [2.45, 2.75) is 20.3 Å². The Labute approximate surface area is 117 Å². The maximum Gasteiger partial charge on any atom is 0.337 e. The zero-order valence-corrected chi connectivity index (χ0v) is 11.9. The van der Waals surface area contributed by atoms with Crippen molar-refractivity contribution in [3.8, 4) is 0 Å². The van der Waals surface area contributed by atoms with E-state index in [0.717, 1.165) is 13.0 Å². The minimum absolute atomic E-state index is 0.0511. The van der Waals surface area contributed by atoms with E-state index < -0.39 is 5.97 Å². The molecule has 19 heavy (non-hydrogen) atoms. The summed E-state index contributed by atoms with van der Waals surface area (Å²) in [7, 11) is 0. The average Bonchev–Trinajstić information content (AvgIpc) is 2.34. The number of halogens is 1. The highest BCUT2D eigenvalue weighted by Gasteiger charge is 2.12. The van der Waals surface area contributed by atoms with Gasteiger partial charge in [0.1, 0.15) is 5.82 Å². The van der Waals surface area contributed by atoms with Gasteiger partial charge < -0.3 is 15.2 Å². The van der Waals surface area contributed by atoms with E-state index in [1.54, 1.807) is 0 Å². The molecule has 6 heteroatoms. The van der Waals surface area contributed by atoms with Gasteiger partial charge in [0, 0.05) is 26.0 Å². The summed E-state index contributed by atoms with van der Waals surface area (Å²) in [5, 5.41) is 12.1. The molecule has 5 nitrogen and oxygen atoms in total. The van der Waals surface area contributed by atoms with Crippen LogP contribution in [0.2, 0.25) is 5.02 Å². The molecule has 1 rings (SSSR count). The highest BCUT2D eigenvalue weighted by molar-refractivity contribution is 6.35. The fourth-order valence-corrected chi connectivity index (χ4v) is 1.69. The number of hydrogen-bond acceptors (Lipinski definition) is 4. The molecule has 2 N–H and O–H groups in total. The van der Waals surface area contributed by atoms with E-state index in [9.17, 15) is 4.79 Å². The average molecular weight is 287 g/mol. The molecule has 1 aromatic heterocycles. The number of anilines is 1. The predicted octanol–water partition coefficient (Wildman–Crippen LogP) is 2.91. The van der Waals surface area contributed by atoms with Crippen molar-refractivity contribution < 1.29 is 14.6 Å². The van der Waals surface area contributed by atoms with Crippen LogP contribution < -0.4 is 5.32 Å². The number of aromatic carboxylic acids is 1. The van der Waals surface area contributed by atoms with Crippen LogP contribution in [0.5, 0.6) is 0 Å². The number of nitrogens with one attached hydrogen (secondary N) is 1. The molecule has 0 aliphatic rings. The first-order chi connectivity index (χ1) is 9.02. The fraction of sp³-hybridized carbons (Fsp3) is 0.538. The maximum atomic E-state index is 10.9. The van der Waals surface area contributed by atoms with Gasteiger partial charge in [0.15, 0.2) is 0 Å². The van der Waals surface area contributed by atoms with E-state index in [1.165, 1.54) is 12.3 Å². The molecule has 0 amide bonds. The standard InChI is InChI=1S/C13H19ClN2O3/c1-9(2)8-19-7-3-5-15-12-11(14)10(13(17)18)4-6-16-12/h4,6,9H,3,5,7-8H2,1-2H3,(H,15,16)(H,17,18). The quantitative estimate of drug-likeness (QED) is 0.719. The molecular weight excluding hydrogens is 268 g/mol. The number of aromatic nitrogens is 1. The first-order valence-corrected chi connectivity index (χ1v) is 6.59. The lowest BCUT2D eigenvalue weighted by Gasteiger charge is -2.10. The number of nitrogens with zero attached hydrogens (tertiary/aromatic N) is 1. The van der Waals surface area contributed by atoms with Crippen molar-refractivity contribution in [2.24, 2.45) is 5.92 Å². The van der Waals surface area contributed by atoms with Gasteiger partial charge in [-0.15, -0.1) is 0 Å². The monoisotopic (exact) mass is 286 g/mol. The Morgan fingerprint density at radius 1 is 1.58 bits per heavy atom. The summed E-state index contributed by atoms with van der Waals surface area (Å²) >= 11 is 5.95. The summed E-state index contributed by atoms with van der Waals surface area (Å²) in [5.74, 6) is -0.141. The Morgan fingerprint density at radius 2 is 2.32 bits per heavy atom. The number of ether oxygens (including phenoxy) is 1. The van der Waals surface area contributed by atoms with Crippen LogP contribution in [0.25, 0.3) is 0 Å². The van der Waals surface area contributed by atoms with Crippen molar-refractivity contribution in [2.75, 3.05) is 25.1 Å². The smallest absolute Gasteiger partial charge is 0.337 e. The van der Waals surface area contributed by atoms with Crippen molar-refractivity contribution >= 4 is 23.4 Å². The van der Waals surface area contributed by atoms with Gasteiger partial charge in [-0.05, 0) is 18.4 Å². The molecule has 0 aliphatic heterocycles. The van der Waals surface area contributed by atoms with Crippen LogP contribution in [0, 0.1) is 5.92 Å². The first kappa shape index (κ1) is 15.7. The number of pyridine rings is 1. The maximum absolute atomic E-state index is 10.9. The molecule has 0 aliphatic carbocycles. The van der Waals surface area contributed by atoms with Crippen LogP contribution in [0.1, 0.15) is 30.6 Å². The van der Waals surface area contributed by atoms with Crippen LogP contribution in [-0.2, 0) is 4.74 Å². The van der Waals surface area contributed by atoms with Crippen LogP contribution >= 0.6 is 11.6 Å². The Bertz CT molecular complexity index is 424. The second kappa shape index (κ2) is 7.96. The molecule has 0 unspecified atom stereocenters. The zero-order valence-electron chi connectivity index (χ0n) is 11.1. The molecule has 106 valence electrons. The van der Waals surface area contributed by atoms with E-state index in [2.05, 4.69) is 24.1 Å². The van der Waals surface area contributed by atoms with Crippen LogP contribution in [-0.4, -0.2) is 35.8 Å². The van der Waals surface area contributed by atoms with Gasteiger partial charge in [-0.25, -0.2) is 9.78 Å². The summed E-state index contributed by atoms with van der Waals surface area (Å²) in [6.07, 6.45) is 2.23. The summed E-state index contributed by atoms with van der Waals surface area (Å²) in [4.78, 5) is 14.9. The Hall–Kier alpha value is -1.33. The van der Waals surface area contributed by atoms with E-state index >= 15 is 0 Å². The zero-order chi connectivity index (χ0) is 14.3. The third-order valence-electron chi connectivity index (χ3n) is 2.33. The lowest BCUT2D eigenvalue weighted by molar-refractivity contribution is 0.0697. The molecule has 1 heterocycles. The molecule has 0 spiro atoms. The molecule has 0 fully saturated rings. The van der Waals surface area contributed by atoms with Crippen LogP contribution in [0.3, 0.4) is 0 Å². The normalized spacial score (nSPS) is 10.7. The number of carboxylic acids is 1. The second-order valence-electron chi connectivity index (χ2n) is 4.58. The van der Waals surface area contributed by atoms with Crippen molar-refractivity contribution in [1.82, 2.24) is 4.98 Å². The van der Waals surface area contributed by atoms with Gasteiger partial charge in [0.25, 0.3) is 0 Å². The van der Waals surface area contributed by atoms with Crippen molar-refractivity contribution in [1.29, 1.82) is 0 Å². The summed E-state index contributed by atoms with van der Waals surface area (Å²) < 4.78 is 5.44. The number of rotatable bonds is 8. The lowest BCUT2D eigenvalue weighted by Crippen LogP contribution is -2.10. The Balaban J connectivity index is 2.37. The van der Waals surface area contributed by atoms with Crippen molar-refractivity contribution in [3.63, 3.8) is 0 Å². The Kier molecular flexibility index (Phi) is 6.59. The Morgan fingerprint density at radius 3 is 2.95 bits per heavy atom. The minimum Gasteiger partial charge on any atom is -0.478 e. The second-order valence-corrected chi connectivity index (χ2v) is 4.95. The van der Waals surface area contributed by atoms with Gasteiger partial charge in [-0.1, -0.05) is 25.4 Å². The third kappa shape index (κ3) is 5.44. The van der Waals surface area contributed by atoms with Gasteiger partial charge in [0.2, 0.25) is 0 Å². The molecule has 0 saturated heterocycles. The fourth-order valence-electron chi connectivity index (χ4n) is 1.43. The number of carbonyl (C=O) groups is 1. The minimum atomic E-state index is -1.06. The van der Waals surface area contributed by atoms with Gasteiger partial charge in [0.05, 0.1) is 10.6 Å². The highest BCUT2D eigenvalue weighted by Crippen LogP contribution is 2.23. The predicted molar refractivity (Wildman–Crippen MR) is 75.0 cm³/mol. The molecule has 0 atom stereocenters. The van der Waals surface area contributed by atoms with Crippen molar-refractivity contribution in [3.05, 3.63) is 22.8 Å². The van der Waals surface area contributed by atoms with Crippen LogP contribution in [0.15, 0.2) is 12.3 Å². The molecule has 1 aromatic rings. The molecule has 0 bridgehead atoms. The van der Waals surface area contributed by atoms with E-state index in [0.29, 0.717) is 24.9 Å².